The molecule has 5 heteroatoms. The van der Waals surface area contributed by atoms with Crippen LogP contribution in [0.4, 0.5) is 22.7 Å². The summed E-state index contributed by atoms with van der Waals surface area (Å²) in [6, 6.07) is 65.7. The highest BCUT2D eigenvalue weighted by Crippen LogP contribution is 2.51. The van der Waals surface area contributed by atoms with Crippen molar-refractivity contribution in [3.63, 3.8) is 0 Å². The van der Waals surface area contributed by atoms with E-state index in [0.29, 0.717) is 6.67 Å². The number of hydrogen-bond donors (Lipinski definition) is 0. The minimum atomic E-state index is -0.0185. The van der Waals surface area contributed by atoms with Crippen molar-refractivity contribution in [1.82, 2.24) is 9.55 Å². The minimum absolute atomic E-state index is 0.0185. The highest BCUT2D eigenvalue weighted by atomic mass is 16.5. The number of anilines is 4. The van der Waals surface area contributed by atoms with E-state index in [1.165, 1.54) is 72.4 Å². The largest absolute Gasteiger partial charge is 0.457 e. The number of aromatic nitrogens is 2. The van der Waals surface area contributed by atoms with E-state index in [1.807, 2.05) is 0 Å². The Morgan fingerprint density at radius 3 is 1.77 bits per heavy atom. The first-order valence-electron chi connectivity index (χ1n) is 24.5. The molecular formula is C65H60N4O. The molecule has 3 heterocycles. The van der Waals surface area contributed by atoms with Crippen LogP contribution in [0.1, 0.15) is 69.4 Å². The van der Waals surface area contributed by atoms with Gasteiger partial charge in [0.1, 0.15) is 24.0 Å². The van der Waals surface area contributed by atoms with Gasteiger partial charge < -0.3 is 14.5 Å². The molecule has 0 aliphatic carbocycles. The molecule has 0 atom stereocenters. The molecule has 0 spiro atoms. The smallest absolute Gasteiger partial charge is 0.137 e. The lowest BCUT2D eigenvalue weighted by atomic mass is 9.80. The molecule has 11 rings (SSSR count). The first-order chi connectivity index (χ1) is 33.7. The number of rotatable bonds is 8. The van der Waals surface area contributed by atoms with Crippen LogP contribution in [0.3, 0.4) is 0 Å². The van der Waals surface area contributed by atoms with Crippen molar-refractivity contribution in [2.45, 2.75) is 73.1 Å². The molecule has 1 aliphatic rings. The number of aryl methyl sites for hydroxylation is 3. The third kappa shape index (κ3) is 8.09. The molecule has 0 N–H and O–H groups in total. The van der Waals surface area contributed by atoms with Crippen LogP contribution < -0.4 is 14.5 Å². The summed E-state index contributed by atoms with van der Waals surface area (Å²) >= 11 is 0. The van der Waals surface area contributed by atoms with Gasteiger partial charge in [0, 0.05) is 51.6 Å². The predicted octanol–water partition coefficient (Wildman–Crippen LogP) is 17.7. The Kier molecular flexibility index (Phi) is 11.0. The molecule has 1 aliphatic heterocycles. The Hall–Kier alpha value is -7.89. The minimum Gasteiger partial charge on any atom is -0.457 e. The van der Waals surface area contributed by atoms with Gasteiger partial charge in [0.2, 0.25) is 0 Å². The van der Waals surface area contributed by atoms with Crippen molar-refractivity contribution in [2.75, 3.05) is 16.5 Å². The van der Waals surface area contributed by atoms with Crippen LogP contribution in [-0.2, 0) is 10.8 Å². The molecule has 0 saturated heterocycles. The van der Waals surface area contributed by atoms with Crippen LogP contribution >= 0.6 is 0 Å². The maximum Gasteiger partial charge on any atom is 0.137 e. The number of hydrogen-bond acceptors (Lipinski definition) is 4. The highest BCUT2D eigenvalue weighted by molar-refractivity contribution is 6.09. The zero-order chi connectivity index (χ0) is 48.5. The van der Waals surface area contributed by atoms with Crippen molar-refractivity contribution in [1.29, 1.82) is 0 Å². The number of ether oxygens (including phenoxy) is 1. The predicted molar refractivity (Wildman–Crippen MR) is 295 cm³/mol. The zero-order valence-electron chi connectivity index (χ0n) is 41.8. The lowest BCUT2D eigenvalue weighted by molar-refractivity contribution is 0.483. The van der Waals surface area contributed by atoms with Gasteiger partial charge in [-0.1, -0.05) is 157 Å². The van der Waals surface area contributed by atoms with E-state index in [-0.39, 0.29) is 10.8 Å². The average molecular weight is 913 g/mol. The van der Waals surface area contributed by atoms with Crippen LogP contribution in [0, 0.1) is 20.8 Å². The second kappa shape index (κ2) is 17.3. The number of nitrogens with zero attached hydrogens (tertiary/aromatic N) is 4. The van der Waals surface area contributed by atoms with E-state index in [2.05, 4.69) is 265 Å². The molecule has 0 amide bonds. The van der Waals surface area contributed by atoms with Gasteiger partial charge in [-0.15, -0.1) is 0 Å². The third-order valence-electron chi connectivity index (χ3n) is 14.1. The summed E-state index contributed by atoms with van der Waals surface area (Å²) in [5.74, 6) is 2.40. The van der Waals surface area contributed by atoms with E-state index in [9.17, 15) is 0 Å². The summed E-state index contributed by atoms with van der Waals surface area (Å²) in [6.45, 7) is 21.1. The lowest BCUT2D eigenvalue weighted by Crippen LogP contribution is -2.25. The molecule has 0 fully saturated rings. The van der Waals surface area contributed by atoms with E-state index < -0.39 is 0 Å². The normalized spacial score (nSPS) is 12.8. The van der Waals surface area contributed by atoms with Crippen molar-refractivity contribution in [3.05, 3.63) is 216 Å². The molecule has 8 aromatic carbocycles. The van der Waals surface area contributed by atoms with Gasteiger partial charge in [-0.25, -0.2) is 4.98 Å². The van der Waals surface area contributed by atoms with Gasteiger partial charge in [-0.2, -0.15) is 0 Å². The number of para-hydroxylation sites is 2. The summed E-state index contributed by atoms with van der Waals surface area (Å²) in [6.07, 6.45) is 2.06. The number of benzene rings is 8. The van der Waals surface area contributed by atoms with Gasteiger partial charge in [0.25, 0.3) is 0 Å². The van der Waals surface area contributed by atoms with Crippen LogP contribution in [0.15, 0.2) is 188 Å². The molecule has 346 valence electrons. The fourth-order valence-corrected chi connectivity index (χ4v) is 10.5. The Labute approximate surface area is 413 Å². The van der Waals surface area contributed by atoms with Gasteiger partial charge >= 0.3 is 0 Å². The number of fused-ring (bicyclic) bond motifs is 4. The standard InChI is InChI=1S/C65H60N4O/c1-42-34-61(66-40-57(42)62-43(2)32-47(33-44(62)3)45-20-12-10-13-21-45)69-58-28-17-16-26-55(58)56-31-30-53(39-60(56)69)70-52-25-18-24-50(38-52)67-41-68(51-36-48(64(4,5)6)35-49(37-51)65(7,8)9)63-54(27-19-29-59(63)67)46-22-14-11-15-23-46/h10-40H,41H2,1-9H3. The Bertz CT molecular complexity index is 3560. The van der Waals surface area contributed by atoms with Crippen LogP contribution in [-0.4, -0.2) is 16.2 Å². The fraction of sp³-hybridized carbons (Fsp3) is 0.185. The Morgan fingerprint density at radius 2 is 1.09 bits per heavy atom. The van der Waals surface area contributed by atoms with Crippen molar-refractivity contribution in [3.8, 4) is 50.7 Å². The van der Waals surface area contributed by atoms with Gasteiger partial charge in [-0.05, 0) is 136 Å². The van der Waals surface area contributed by atoms with E-state index >= 15 is 0 Å². The highest BCUT2D eigenvalue weighted by Gasteiger charge is 2.33. The zero-order valence-corrected chi connectivity index (χ0v) is 41.8. The first kappa shape index (κ1) is 44.6. The summed E-state index contributed by atoms with van der Waals surface area (Å²) in [7, 11) is 0. The topological polar surface area (TPSA) is 33.5 Å². The van der Waals surface area contributed by atoms with E-state index in [1.54, 1.807) is 0 Å². The monoisotopic (exact) mass is 912 g/mol. The molecule has 0 saturated carbocycles. The third-order valence-corrected chi connectivity index (χ3v) is 14.1. The Balaban J connectivity index is 0.958. The van der Waals surface area contributed by atoms with Crippen LogP contribution in [0.2, 0.25) is 0 Å². The molecule has 0 unspecified atom stereocenters. The molecule has 2 aromatic heterocycles. The second-order valence-electron chi connectivity index (χ2n) is 21.1. The van der Waals surface area contributed by atoms with E-state index in [4.69, 9.17) is 9.72 Å². The van der Waals surface area contributed by atoms with Crippen LogP contribution in [0.25, 0.3) is 61.0 Å². The quantitative estimate of drug-likeness (QED) is 0.152. The van der Waals surface area contributed by atoms with Crippen molar-refractivity contribution < 1.29 is 4.74 Å². The van der Waals surface area contributed by atoms with Crippen molar-refractivity contribution >= 4 is 44.6 Å². The first-order valence-corrected chi connectivity index (χ1v) is 24.5. The SMILES string of the molecule is Cc1cc(-n2c3ccccc3c3ccc(Oc4cccc(N5CN(c6cc(C(C)(C)C)cc(C(C)(C)C)c6)c6c(-c7ccccc7)cccc65)c4)cc32)ncc1-c1c(C)cc(-c2ccccc2)cc1C. The van der Waals surface area contributed by atoms with Gasteiger partial charge in [0.05, 0.1) is 22.4 Å². The summed E-state index contributed by atoms with van der Waals surface area (Å²) in [4.78, 5) is 10.1. The summed E-state index contributed by atoms with van der Waals surface area (Å²) < 4.78 is 9.15. The van der Waals surface area contributed by atoms with Gasteiger partial charge in [-0.3, -0.25) is 4.57 Å². The fourth-order valence-electron chi connectivity index (χ4n) is 10.5. The maximum absolute atomic E-state index is 6.87. The second-order valence-corrected chi connectivity index (χ2v) is 21.1. The molecule has 0 bridgehead atoms. The Morgan fingerprint density at radius 1 is 0.457 bits per heavy atom. The average Bonchev–Trinajstić information content (AvgIpc) is 3.91. The molecule has 0 radical (unpaired) electrons. The number of pyridine rings is 1. The van der Waals surface area contributed by atoms with Crippen molar-refractivity contribution in [2.24, 2.45) is 0 Å². The molecule has 5 nitrogen and oxygen atoms in total. The molecular weight excluding hydrogens is 853 g/mol. The van der Waals surface area contributed by atoms with Crippen LogP contribution in [0.5, 0.6) is 11.5 Å². The lowest BCUT2D eigenvalue weighted by Gasteiger charge is -2.30. The molecule has 70 heavy (non-hydrogen) atoms. The van der Waals surface area contributed by atoms with Gasteiger partial charge in [0.15, 0.2) is 0 Å². The summed E-state index contributed by atoms with van der Waals surface area (Å²) in [5.41, 5.74) is 20.3. The molecule has 10 aromatic rings. The van der Waals surface area contributed by atoms with E-state index in [0.717, 1.165) is 50.7 Å². The maximum atomic E-state index is 6.87. The summed E-state index contributed by atoms with van der Waals surface area (Å²) in [5, 5.41) is 2.32.